The van der Waals surface area contributed by atoms with E-state index in [1.54, 1.807) is 0 Å². The average Bonchev–Trinajstić information content (AvgIpc) is 2.39. The topological polar surface area (TPSA) is 17.1 Å². The molecule has 0 aliphatic carbocycles. The van der Waals surface area contributed by atoms with Gasteiger partial charge in [0.15, 0.2) is 5.78 Å². The number of halogens is 1. The highest BCUT2D eigenvalue weighted by atomic mass is 127. The number of carbonyl (C=O) groups excluding carboxylic acids is 1. The fourth-order valence-corrected chi connectivity index (χ4v) is 2.50. The SMILES string of the molecule is CCCc1cccc(C(=O)c2cccc(I)c2)c1. The average molecular weight is 350 g/mol. The molecule has 1 nitrogen and oxygen atoms in total. The summed E-state index contributed by atoms with van der Waals surface area (Å²) in [6, 6.07) is 15.6. The maximum Gasteiger partial charge on any atom is 0.193 e. The molecule has 0 fully saturated rings. The largest absolute Gasteiger partial charge is 0.289 e. The molecule has 0 atom stereocenters. The second-order valence-corrected chi connectivity index (χ2v) is 5.54. The molecular weight excluding hydrogens is 335 g/mol. The van der Waals surface area contributed by atoms with Gasteiger partial charge in [0.2, 0.25) is 0 Å². The minimum Gasteiger partial charge on any atom is -0.289 e. The number of hydrogen-bond acceptors (Lipinski definition) is 1. The summed E-state index contributed by atoms with van der Waals surface area (Å²) in [6.45, 7) is 2.15. The zero-order valence-electron chi connectivity index (χ0n) is 10.3. The summed E-state index contributed by atoms with van der Waals surface area (Å²) in [4.78, 5) is 12.4. The quantitative estimate of drug-likeness (QED) is 0.587. The Morgan fingerprint density at radius 2 is 1.72 bits per heavy atom. The monoisotopic (exact) mass is 350 g/mol. The van der Waals surface area contributed by atoms with Gasteiger partial charge in [0, 0.05) is 14.7 Å². The van der Waals surface area contributed by atoms with Gasteiger partial charge in [0.05, 0.1) is 0 Å². The first-order valence-electron chi connectivity index (χ1n) is 6.10. The Kier molecular flexibility index (Phi) is 4.53. The highest BCUT2D eigenvalue weighted by Crippen LogP contribution is 2.15. The van der Waals surface area contributed by atoms with Gasteiger partial charge in [0.1, 0.15) is 0 Å². The van der Waals surface area contributed by atoms with E-state index in [1.807, 2.05) is 42.5 Å². The van der Waals surface area contributed by atoms with Gasteiger partial charge in [-0.2, -0.15) is 0 Å². The van der Waals surface area contributed by atoms with E-state index in [-0.39, 0.29) is 5.78 Å². The predicted molar refractivity (Wildman–Crippen MR) is 83.0 cm³/mol. The standard InChI is InChI=1S/C16H15IO/c1-2-5-12-6-3-7-13(10-12)16(18)14-8-4-9-15(17)11-14/h3-4,6-11H,2,5H2,1H3. The number of rotatable bonds is 4. The van der Waals surface area contributed by atoms with Crippen molar-refractivity contribution in [1.29, 1.82) is 0 Å². The van der Waals surface area contributed by atoms with Crippen LogP contribution in [0.2, 0.25) is 0 Å². The van der Waals surface area contributed by atoms with E-state index < -0.39 is 0 Å². The van der Waals surface area contributed by atoms with Gasteiger partial charge in [-0.05, 0) is 52.8 Å². The van der Waals surface area contributed by atoms with Crippen LogP contribution in [0.3, 0.4) is 0 Å². The molecular formula is C16H15IO. The Morgan fingerprint density at radius 1 is 1.06 bits per heavy atom. The lowest BCUT2D eigenvalue weighted by atomic mass is 10.00. The van der Waals surface area contributed by atoms with Gasteiger partial charge in [-0.25, -0.2) is 0 Å². The number of aryl methyl sites for hydroxylation is 1. The van der Waals surface area contributed by atoms with Gasteiger partial charge in [0.25, 0.3) is 0 Å². The van der Waals surface area contributed by atoms with E-state index in [0.29, 0.717) is 0 Å². The van der Waals surface area contributed by atoms with Crippen molar-refractivity contribution in [3.05, 3.63) is 68.8 Å². The second kappa shape index (κ2) is 6.14. The van der Waals surface area contributed by atoms with E-state index in [2.05, 4.69) is 35.6 Å². The van der Waals surface area contributed by atoms with Crippen LogP contribution >= 0.6 is 22.6 Å². The van der Waals surface area contributed by atoms with Crippen LogP contribution in [0.5, 0.6) is 0 Å². The third-order valence-corrected chi connectivity index (χ3v) is 3.49. The fourth-order valence-electron chi connectivity index (χ4n) is 1.95. The zero-order valence-corrected chi connectivity index (χ0v) is 12.5. The van der Waals surface area contributed by atoms with Crippen LogP contribution in [0.15, 0.2) is 48.5 Å². The first-order chi connectivity index (χ1) is 8.70. The van der Waals surface area contributed by atoms with Crippen LogP contribution in [-0.4, -0.2) is 5.78 Å². The highest BCUT2D eigenvalue weighted by Gasteiger charge is 2.09. The highest BCUT2D eigenvalue weighted by molar-refractivity contribution is 14.1. The Morgan fingerprint density at radius 3 is 2.39 bits per heavy atom. The molecule has 92 valence electrons. The van der Waals surface area contributed by atoms with E-state index in [1.165, 1.54) is 5.56 Å². The Balaban J connectivity index is 2.31. The van der Waals surface area contributed by atoms with Gasteiger partial charge in [-0.15, -0.1) is 0 Å². The van der Waals surface area contributed by atoms with Crippen molar-refractivity contribution in [3.63, 3.8) is 0 Å². The zero-order chi connectivity index (χ0) is 13.0. The molecule has 0 N–H and O–H groups in total. The summed E-state index contributed by atoms with van der Waals surface area (Å²) < 4.78 is 1.09. The smallest absolute Gasteiger partial charge is 0.193 e. The van der Waals surface area contributed by atoms with Crippen molar-refractivity contribution >= 4 is 28.4 Å². The van der Waals surface area contributed by atoms with Gasteiger partial charge in [-0.1, -0.05) is 43.7 Å². The summed E-state index contributed by atoms with van der Waals surface area (Å²) >= 11 is 2.23. The summed E-state index contributed by atoms with van der Waals surface area (Å²) in [6.07, 6.45) is 2.12. The van der Waals surface area contributed by atoms with Crippen molar-refractivity contribution in [2.45, 2.75) is 19.8 Å². The lowest BCUT2D eigenvalue weighted by Gasteiger charge is -2.04. The van der Waals surface area contributed by atoms with Gasteiger partial charge < -0.3 is 0 Å². The van der Waals surface area contributed by atoms with Gasteiger partial charge in [-0.3, -0.25) is 4.79 Å². The molecule has 0 amide bonds. The third kappa shape index (κ3) is 3.19. The lowest BCUT2D eigenvalue weighted by Crippen LogP contribution is -2.02. The van der Waals surface area contributed by atoms with Crippen molar-refractivity contribution in [2.24, 2.45) is 0 Å². The molecule has 2 aromatic rings. The predicted octanol–water partition coefficient (Wildman–Crippen LogP) is 4.47. The van der Waals surface area contributed by atoms with Crippen LogP contribution in [0.25, 0.3) is 0 Å². The van der Waals surface area contributed by atoms with Gasteiger partial charge >= 0.3 is 0 Å². The summed E-state index contributed by atoms with van der Waals surface area (Å²) in [5.74, 6) is 0.103. The maximum absolute atomic E-state index is 12.4. The summed E-state index contributed by atoms with van der Waals surface area (Å²) in [5.41, 5.74) is 2.77. The van der Waals surface area contributed by atoms with E-state index in [9.17, 15) is 4.79 Å². The normalized spacial score (nSPS) is 10.3. The van der Waals surface area contributed by atoms with Crippen LogP contribution < -0.4 is 0 Å². The molecule has 2 aromatic carbocycles. The van der Waals surface area contributed by atoms with E-state index in [0.717, 1.165) is 27.5 Å². The van der Waals surface area contributed by atoms with Crippen LogP contribution in [0.4, 0.5) is 0 Å². The fraction of sp³-hybridized carbons (Fsp3) is 0.188. The molecule has 0 aromatic heterocycles. The molecule has 0 saturated carbocycles. The summed E-state index contributed by atoms with van der Waals surface area (Å²) in [7, 11) is 0. The minimum atomic E-state index is 0.103. The van der Waals surface area contributed by atoms with Crippen LogP contribution in [0, 0.1) is 3.57 Å². The maximum atomic E-state index is 12.4. The lowest BCUT2D eigenvalue weighted by molar-refractivity contribution is 0.103. The third-order valence-electron chi connectivity index (χ3n) is 2.81. The van der Waals surface area contributed by atoms with Crippen molar-refractivity contribution in [1.82, 2.24) is 0 Å². The molecule has 0 unspecified atom stereocenters. The Hall–Kier alpha value is -1.16. The molecule has 2 heteroatoms. The first-order valence-corrected chi connectivity index (χ1v) is 7.18. The van der Waals surface area contributed by atoms with E-state index >= 15 is 0 Å². The van der Waals surface area contributed by atoms with Crippen LogP contribution in [-0.2, 0) is 6.42 Å². The molecule has 2 rings (SSSR count). The first kappa shape index (κ1) is 13.3. The Labute approximate surface area is 121 Å². The van der Waals surface area contributed by atoms with Crippen LogP contribution in [0.1, 0.15) is 34.8 Å². The second-order valence-electron chi connectivity index (χ2n) is 4.29. The Bertz CT molecular complexity index is 561. The van der Waals surface area contributed by atoms with E-state index in [4.69, 9.17) is 0 Å². The van der Waals surface area contributed by atoms with Crippen molar-refractivity contribution in [3.8, 4) is 0 Å². The number of carbonyl (C=O) groups is 1. The molecule has 0 aliphatic heterocycles. The summed E-state index contributed by atoms with van der Waals surface area (Å²) in [5, 5.41) is 0. The molecule has 0 saturated heterocycles. The number of hydrogen-bond donors (Lipinski definition) is 0. The van der Waals surface area contributed by atoms with Crippen molar-refractivity contribution in [2.75, 3.05) is 0 Å². The molecule has 0 heterocycles. The number of benzene rings is 2. The molecule has 0 aliphatic rings. The molecule has 18 heavy (non-hydrogen) atoms. The number of ketones is 1. The molecule has 0 bridgehead atoms. The van der Waals surface area contributed by atoms with Crippen molar-refractivity contribution < 1.29 is 4.79 Å². The minimum absolute atomic E-state index is 0.103. The molecule has 0 spiro atoms. The molecule has 0 radical (unpaired) electrons.